The zero-order valence-electron chi connectivity index (χ0n) is 14.8. The maximum absolute atomic E-state index is 12.2. The van der Waals surface area contributed by atoms with E-state index in [1.807, 2.05) is 0 Å². The Bertz CT molecular complexity index is 695. The normalized spacial score (nSPS) is 10.7. The molecule has 0 aliphatic carbocycles. The molecule has 1 aromatic heterocycles. The number of halogens is 1. The van der Waals surface area contributed by atoms with E-state index in [0.29, 0.717) is 12.1 Å². The summed E-state index contributed by atoms with van der Waals surface area (Å²) in [6, 6.07) is 7.60. The van der Waals surface area contributed by atoms with E-state index in [1.165, 1.54) is 0 Å². The van der Waals surface area contributed by atoms with E-state index in [1.54, 1.807) is 31.6 Å². The van der Waals surface area contributed by atoms with Gasteiger partial charge >= 0.3 is 0 Å². The van der Waals surface area contributed by atoms with Crippen molar-refractivity contribution in [3.8, 4) is 5.75 Å². The van der Waals surface area contributed by atoms with E-state index in [4.69, 9.17) is 4.74 Å². The number of aromatic nitrogens is 1. The molecule has 0 saturated heterocycles. The summed E-state index contributed by atoms with van der Waals surface area (Å²) in [5.41, 5.74) is 3.86. The molecule has 1 heterocycles. The van der Waals surface area contributed by atoms with Gasteiger partial charge in [0.2, 0.25) is 0 Å². The van der Waals surface area contributed by atoms with Crippen LogP contribution in [0.2, 0.25) is 0 Å². The maximum Gasteiger partial charge on any atom is 0.251 e. The monoisotopic (exact) mass is 348 g/mol. The molecule has 0 spiro atoms. The van der Waals surface area contributed by atoms with Gasteiger partial charge in [0.25, 0.3) is 5.91 Å². The Kier molecular flexibility index (Phi) is 6.79. The molecule has 1 amide bonds. The second-order valence-electron chi connectivity index (χ2n) is 6.67. The van der Waals surface area contributed by atoms with Crippen LogP contribution in [0.1, 0.15) is 47.8 Å². The van der Waals surface area contributed by atoms with Crippen LogP contribution in [-0.4, -0.2) is 18.0 Å². The van der Waals surface area contributed by atoms with E-state index in [9.17, 15) is 4.79 Å². The van der Waals surface area contributed by atoms with Crippen molar-refractivity contribution >= 4 is 18.3 Å². The van der Waals surface area contributed by atoms with Crippen LogP contribution in [0.15, 0.2) is 36.7 Å². The predicted molar refractivity (Wildman–Crippen MR) is 99.1 cm³/mol. The van der Waals surface area contributed by atoms with Gasteiger partial charge in [-0.15, -0.1) is 12.4 Å². The van der Waals surface area contributed by atoms with Crippen molar-refractivity contribution in [2.45, 2.75) is 39.7 Å². The number of nitrogens with zero attached hydrogens (tertiary/aromatic N) is 1. The lowest BCUT2D eigenvalue weighted by molar-refractivity contribution is 0.0950. The molecule has 24 heavy (non-hydrogen) atoms. The van der Waals surface area contributed by atoms with Crippen molar-refractivity contribution < 1.29 is 9.53 Å². The number of rotatable bonds is 4. The number of nitrogens with one attached hydrogen (secondary N) is 1. The number of benzene rings is 1. The molecule has 1 N–H and O–H groups in total. The van der Waals surface area contributed by atoms with Crippen LogP contribution < -0.4 is 10.1 Å². The minimum Gasteiger partial charge on any atom is -0.496 e. The highest BCUT2D eigenvalue weighted by Crippen LogP contribution is 2.35. The summed E-state index contributed by atoms with van der Waals surface area (Å²) in [5, 5.41) is 2.95. The van der Waals surface area contributed by atoms with Gasteiger partial charge in [-0.05, 0) is 24.5 Å². The van der Waals surface area contributed by atoms with Gasteiger partial charge in [0.15, 0.2) is 0 Å². The Morgan fingerprint density at radius 3 is 2.38 bits per heavy atom. The highest BCUT2D eigenvalue weighted by atomic mass is 35.5. The van der Waals surface area contributed by atoms with Gasteiger partial charge in [0.1, 0.15) is 5.75 Å². The standard InChI is InChI=1S/C19H24N2O2.ClH/c1-13-10-15(17(23-5)16(11-13)19(2,3)4)12-21-18(22)14-6-8-20-9-7-14;/h6-11H,12H2,1-5H3,(H,21,22);1H. The van der Waals surface area contributed by atoms with E-state index in [-0.39, 0.29) is 23.7 Å². The van der Waals surface area contributed by atoms with Gasteiger partial charge in [0, 0.05) is 35.6 Å². The van der Waals surface area contributed by atoms with Crippen molar-refractivity contribution in [1.82, 2.24) is 10.3 Å². The van der Waals surface area contributed by atoms with Gasteiger partial charge in [-0.2, -0.15) is 0 Å². The number of aryl methyl sites for hydroxylation is 1. The van der Waals surface area contributed by atoms with Gasteiger partial charge in [-0.3, -0.25) is 9.78 Å². The average molecular weight is 349 g/mol. The molecule has 0 aliphatic rings. The van der Waals surface area contributed by atoms with E-state index in [2.05, 4.69) is 50.1 Å². The molecule has 130 valence electrons. The lowest BCUT2D eigenvalue weighted by atomic mass is 9.84. The van der Waals surface area contributed by atoms with Crippen molar-refractivity contribution in [2.75, 3.05) is 7.11 Å². The predicted octanol–water partition coefficient (Wildman–Crippen LogP) is 4.05. The highest BCUT2D eigenvalue weighted by molar-refractivity contribution is 5.93. The third-order valence-corrected chi connectivity index (χ3v) is 3.70. The number of ether oxygens (including phenoxy) is 1. The first kappa shape index (κ1) is 20.0. The van der Waals surface area contributed by atoms with Gasteiger partial charge in [-0.1, -0.05) is 38.5 Å². The largest absolute Gasteiger partial charge is 0.496 e. The highest BCUT2D eigenvalue weighted by Gasteiger charge is 2.22. The zero-order chi connectivity index (χ0) is 17.0. The molecular weight excluding hydrogens is 324 g/mol. The summed E-state index contributed by atoms with van der Waals surface area (Å²) in [6.45, 7) is 8.95. The molecule has 0 bridgehead atoms. The molecule has 0 aliphatic heterocycles. The molecule has 2 rings (SSSR count). The van der Waals surface area contributed by atoms with Crippen LogP contribution in [0.4, 0.5) is 0 Å². The van der Waals surface area contributed by atoms with E-state index < -0.39 is 0 Å². The van der Waals surface area contributed by atoms with Crippen molar-refractivity contribution in [2.24, 2.45) is 0 Å². The lowest BCUT2D eigenvalue weighted by Gasteiger charge is -2.25. The smallest absolute Gasteiger partial charge is 0.251 e. The molecule has 0 fully saturated rings. The Balaban J connectivity index is 0.00000288. The first-order valence-corrected chi connectivity index (χ1v) is 7.69. The summed E-state index contributed by atoms with van der Waals surface area (Å²) >= 11 is 0. The fraction of sp³-hybridized carbons (Fsp3) is 0.368. The molecule has 0 radical (unpaired) electrons. The van der Waals surface area contributed by atoms with E-state index >= 15 is 0 Å². The number of methoxy groups -OCH3 is 1. The van der Waals surface area contributed by atoms with Crippen LogP contribution in [0.5, 0.6) is 5.75 Å². The van der Waals surface area contributed by atoms with Gasteiger partial charge in [-0.25, -0.2) is 0 Å². The quantitative estimate of drug-likeness (QED) is 0.906. The molecule has 4 nitrogen and oxygen atoms in total. The van der Waals surface area contributed by atoms with E-state index in [0.717, 1.165) is 22.4 Å². The molecule has 5 heteroatoms. The van der Waals surface area contributed by atoms with Gasteiger partial charge < -0.3 is 10.1 Å². The Labute approximate surface area is 150 Å². The van der Waals surface area contributed by atoms with Crippen LogP contribution >= 0.6 is 12.4 Å². The molecule has 0 atom stereocenters. The zero-order valence-corrected chi connectivity index (χ0v) is 15.7. The Hall–Kier alpha value is -2.07. The molecule has 0 saturated carbocycles. The number of amides is 1. The number of carbonyl (C=O) groups excluding carboxylic acids is 1. The van der Waals surface area contributed by atoms with Crippen LogP contribution in [0, 0.1) is 6.92 Å². The number of hydrogen-bond acceptors (Lipinski definition) is 3. The Morgan fingerprint density at radius 1 is 1.21 bits per heavy atom. The minimum absolute atomic E-state index is 0. The van der Waals surface area contributed by atoms with Crippen LogP contribution in [-0.2, 0) is 12.0 Å². The number of hydrogen-bond donors (Lipinski definition) is 1. The molecule has 0 unspecified atom stereocenters. The summed E-state index contributed by atoms with van der Waals surface area (Å²) in [4.78, 5) is 16.1. The first-order valence-electron chi connectivity index (χ1n) is 7.69. The van der Waals surface area contributed by atoms with Crippen LogP contribution in [0.3, 0.4) is 0 Å². The second kappa shape index (κ2) is 8.15. The summed E-state index contributed by atoms with van der Waals surface area (Å²) in [5.74, 6) is 0.728. The van der Waals surface area contributed by atoms with Crippen LogP contribution in [0.25, 0.3) is 0 Å². The maximum atomic E-state index is 12.2. The second-order valence-corrected chi connectivity index (χ2v) is 6.67. The van der Waals surface area contributed by atoms with Crippen molar-refractivity contribution in [3.05, 3.63) is 58.9 Å². The van der Waals surface area contributed by atoms with Crippen molar-refractivity contribution in [3.63, 3.8) is 0 Å². The van der Waals surface area contributed by atoms with Crippen molar-refractivity contribution in [1.29, 1.82) is 0 Å². The first-order chi connectivity index (χ1) is 10.8. The fourth-order valence-electron chi connectivity index (χ4n) is 2.56. The molecule has 2 aromatic rings. The molecular formula is C19H25ClN2O2. The third kappa shape index (κ3) is 4.71. The summed E-state index contributed by atoms with van der Waals surface area (Å²) in [6.07, 6.45) is 3.22. The molecule has 1 aromatic carbocycles. The summed E-state index contributed by atoms with van der Waals surface area (Å²) < 4.78 is 5.63. The fourth-order valence-corrected chi connectivity index (χ4v) is 2.56. The Morgan fingerprint density at radius 2 is 1.83 bits per heavy atom. The minimum atomic E-state index is -0.117. The van der Waals surface area contributed by atoms with Gasteiger partial charge in [0.05, 0.1) is 7.11 Å². The topological polar surface area (TPSA) is 51.2 Å². The summed E-state index contributed by atoms with van der Waals surface area (Å²) in [7, 11) is 1.67. The number of carbonyl (C=O) groups is 1. The average Bonchev–Trinajstić information content (AvgIpc) is 2.52. The SMILES string of the molecule is COc1c(CNC(=O)c2ccncc2)cc(C)cc1C(C)(C)C.Cl. The third-order valence-electron chi connectivity index (χ3n) is 3.70. The lowest BCUT2D eigenvalue weighted by Crippen LogP contribution is -2.24. The number of pyridine rings is 1.